The van der Waals surface area contributed by atoms with Gasteiger partial charge in [0.15, 0.2) is 0 Å². The van der Waals surface area contributed by atoms with Crippen LogP contribution in [0.25, 0.3) is 61.3 Å². The van der Waals surface area contributed by atoms with E-state index in [-0.39, 0.29) is 5.75 Å². The zero-order valence-corrected chi connectivity index (χ0v) is 20.5. The number of aromatic hydroxyl groups is 1. The SMILES string of the molecule is Oc1ccccc1-c1ccc2c3ccccc3n(-c3cc(-c4ccccc4)cc(-c4ccccn4)c3)c2n1. The Morgan fingerprint density at radius 3 is 2.16 bits per heavy atom. The highest BCUT2D eigenvalue weighted by Crippen LogP contribution is 2.37. The first-order valence-corrected chi connectivity index (χ1v) is 12.6. The maximum atomic E-state index is 10.5. The lowest BCUT2D eigenvalue weighted by molar-refractivity contribution is 0.477. The lowest BCUT2D eigenvalue weighted by Gasteiger charge is -2.13. The quantitative estimate of drug-likeness (QED) is 0.271. The molecule has 0 atom stereocenters. The van der Waals surface area contributed by atoms with Crippen LogP contribution in [-0.2, 0) is 0 Å². The van der Waals surface area contributed by atoms with Gasteiger partial charge in [0.25, 0.3) is 0 Å². The van der Waals surface area contributed by atoms with Gasteiger partial charge in [0, 0.05) is 33.8 Å². The number of hydrogen-bond donors (Lipinski definition) is 1. The van der Waals surface area contributed by atoms with E-state index in [0.29, 0.717) is 5.56 Å². The summed E-state index contributed by atoms with van der Waals surface area (Å²) in [5.41, 5.74) is 8.52. The summed E-state index contributed by atoms with van der Waals surface area (Å²) in [5.74, 6) is 0.213. The molecule has 3 aromatic heterocycles. The van der Waals surface area contributed by atoms with E-state index in [1.807, 2.05) is 54.7 Å². The third kappa shape index (κ3) is 3.71. The highest BCUT2D eigenvalue weighted by molar-refractivity contribution is 6.08. The third-order valence-electron chi connectivity index (χ3n) is 6.95. The van der Waals surface area contributed by atoms with Gasteiger partial charge in [-0.3, -0.25) is 9.55 Å². The Morgan fingerprint density at radius 2 is 1.32 bits per heavy atom. The minimum atomic E-state index is 0.213. The summed E-state index contributed by atoms with van der Waals surface area (Å²) >= 11 is 0. The Morgan fingerprint density at radius 1 is 0.553 bits per heavy atom. The van der Waals surface area contributed by atoms with Crippen molar-refractivity contribution in [1.29, 1.82) is 0 Å². The molecule has 0 bridgehead atoms. The van der Waals surface area contributed by atoms with Crippen molar-refractivity contribution in [2.24, 2.45) is 0 Å². The topological polar surface area (TPSA) is 50.9 Å². The van der Waals surface area contributed by atoms with Crippen LogP contribution in [0.4, 0.5) is 0 Å². The van der Waals surface area contributed by atoms with Crippen LogP contribution in [0.3, 0.4) is 0 Å². The predicted molar refractivity (Wildman–Crippen MR) is 154 cm³/mol. The smallest absolute Gasteiger partial charge is 0.146 e. The lowest BCUT2D eigenvalue weighted by atomic mass is 10.00. The van der Waals surface area contributed by atoms with Crippen molar-refractivity contribution in [3.63, 3.8) is 0 Å². The lowest BCUT2D eigenvalue weighted by Crippen LogP contribution is -1.98. The van der Waals surface area contributed by atoms with Crippen LogP contribution in [0.2, 0.25) is 0 Å². The maximum absolute atomic E-state index is 10.5. The number of pyridine rings is 2. The fourth-order valence-corrected chi connectivity index (χ4v) is 5.16. The molecule has 4 heteroatoms. The van der Waals surface area contributed by atoms with Gasteiger partial charge in [-0.1, -0.05) is 66.7 Å². The van der Waals surface area contributed by atoms with Crippen LogP contribution in [0.5, 0.6) is 5.75 Å². The summed E-state index contributed by atoms with van der Waals surface area (Å²) in [6, 6.07) is 42.7. The number of phenols is 1. The van der Waals surface area contributed by atoms with E-state index >= 15 is 0 Å². The van der Waals surface area contributed by atoms with Crippen LogP contribution >= 0.6 is 0 Å². The Hall–Kier alpha value is -5.22. The fourth-order valence-electron chi connectivity index (χ4n) is 5.16. The molecule has 180 valence electrons. The molecule has 0 aliphatic rings. The summed E-state index contributed by atoms with van der Waals surface area (Å²) < 4.78 is 2.22. The van der Waals surface area contributed by atoms with Gasteiger partial charge in [-0.2, -0.15) is 0 Å². The van der Waals surface area contributed by atoms with E-state index in [9.17, 15) is 5.11 Å². The Bertz CT molecular complexity index is 1870. The van der Waals surface area contributed by atoms with Gasteiger partial charge in [-0.05, 0) is 71.8 Å². The summed E-state index contributed by atoms with van der Waals surface area (Å²) in [6.45, 7) is 0. The number of benzene rings is 4. The van der Waals surface area contributed by atoms with Crippen LogP contribution in [-0.4, -0.2) is 19.6 Å². The number of rotatable bonds is 4. The maximum Gasteiger partial charge on any atom is 0.146 e. The first kappa shape index (κ1) is 22.0. The Balaban J connectivity index is 1.55. The molecule has 3 heterocycles. The molecule has 0 amide bonds. The molecule has 0 aliphatic carbocycles. The summed E-state index contributed by atoms with van der Waals surface area (Å²) in [6.07, 6.45) is 1.82. The molecule has 0 saturated heterocycles. The molecule has 4 nitrogen and oxygen atoms in total. The van der Waals surface area contributed by atoms with Gasteiger partial charge in [0.1, 0.15) is 11.4 Å². The zero-order valence-electron chi connectivity index (χ0n) is 20.5. The molecule has 4 aromatic carbocycles. The van der Waals surface area contributed by atoms with Crippen molar-refractivity contribution < 1.29 is 5.11 Å². The largest absolute Gasteiger partial charge is 0.507 e. The minimum absolute atomic E-state index is 0.213. The number of phenolic OH excluding ortho intramolecular Hbond substituents is 1. The van der Waals surface area contributed by atoms with Gasteiger partial charge < -0.3 is 5.11 Å². The second-order valence-corrected chi connectivity index (χ2v) is 9.29. The van der Waals surface area contributed by atoms with Crippen molar-refractivity contribution in [3.8, 4) is 45.1 Å². The Labute approximate surface area is 220 Å². The number of hydrogen-bond acceptors (Lipinski definition) is 3. The molecule has 0 unspecified atom stereocenters. The first-order chi connectivity index (χ1) is 18.8. The monoisotopic (exact) mass is 489 g/mol. The van der Waals surface area contributed by atoms with Crippen molar-refractivity contribution in [2.75, 3.05) is 0 Å². The molecule has 7 aromatic rings. The van der Waals surface area contributed by atoms with E-state index < -0.39 is 0 Å². The molecule has 0 saturated carbocycles. The molecule has 1 N–H and O–H groups in total. The number of aromatic nitrogens is 3. The van der Waals surface area contributed by atoms with Gasteiger partial charge in [0.2, 0.25) is 0 Å². The van der Waals surface area contributed by atoms with E-state index in [0.717, 1.165) is 55.7 Å². The predicted octanol–water partition coefficient (Wildman–Crippen LogP) is 8.28. The molecule has 0 fully saturated rings. The van der Waals surface area contributed by atoms with Gasteiger partial charge >= 0.3 is 0 Å². The number of para-hydroxylation sites is 2. The molecular weight excluding hydrogens is 466 g/mol. The average molecular weight is 490 g/mol. The van der Waals surface area contributed by atoms with Gasteiger partial charge in [-0.15, -0.1) is 0 Å². The van der Waals surface area contributed by atoms with Crippen molar-refractivity contribution >= 4 is 21.9 Å². The fraction of sp³-hybridized carbons (Fsp3) is 0. The van der Waals surface area contributed by atoms with E-state index in [4.69, 9.17) is 4.98 Å². The number of fused-ring (bicyclic) bond motifs is 3. The molecular formula is C34H23N3O. The third-order valence-corrected chi connectivity index (χ3v) is 6.95. The van der Waals surface area contributed by atoms with Crippen LogP contribution in [0.1, 0.15) is 0 Å². The zero-order chi connectivity index (χ0) is 25.5. The van der Waals surface area contributed by atoms with Crippen LogP contribution in [0.15, 0.2) is 134 Å². The number of nitrogens with zero attached hydrogens (tertiary/aromatic N) is 3. The van der Waals surface area contributed by atoms with E-state index in [1.54, 1.807) is 6.07 Å². The Kier molecular flexibility index (Phi) is 5.22. The van der Waals surface area contributed by atoms with Gasteiger partial charge in [0.05, 0.1) is 16.9 Å². The summed E-state index contributed by atoms with van der Waals surface area (Å²) in [5, 5.41) is 12.7. The van der Waals surface area contributed by atoms with Crippen LogP contribution in [0, 0.1) is 0 Å². The molecule has 38 heavy (non-hydrogen) atoms. The van der Waals surface area contributed by atoms with E-state index in [2.05, 4.69) is 82.3 Å². The first-order valence-electron chi connectivity index (χ1n) is 12.6. The molecule has 0 spiro atoms. The van der Waals surface area contributed by atoms with Crippen molar-refractivity contribution in [3.05, 3.63) is 134 Å². The minimum Gasteiger partial charge on any atom is -0.507 e. The normalized spacial score (nSPS) is 11.3. The molecule has 0 radical (unpaired) electrons. The van der Waals surface area contributed by atoms with Crippen molar-refractivity contribution in [2.45, 2.75) is 0 Å². The standard InChI is InChI=1S/C34H23N3O/c38-33-16-7-5-13-29(33)31-18-17-28-27-12-4-6-15-32(27)37(34(28)36-31)26-21-24(23-10-2-1-3-11-23)20-25(22-26)30-14-8-9-19-35-30/h1-22,38H. The second-order valence-electron chi connectivity index (χ2n) is 9.29. The van der Waals surface area contributed by atoms with Gasteiger partial charge in [-0.25, -0.2) is 4.98 Å². The van der Waals surface area contributed by atoms with Crippen LogP contribution < -0.4 is 0 Å². The summed E-state index contributed by atoms with van der Waals surface area (Å²) in [4.78, 5) is 9.75. The van der Waals surface area contributed by atoms with E-state index in [1.165, 1.54) is 0 Å². The highest BCUT2D eigenvalue weighted by atomic mass is 16.3. The summed E-state index contributed by atoms with van der Waals surface area (Å²) in [7, 11) is 0. The second kappa shape index (κ2) is 9.02. The molecule has 0 aliphatic heterocycles. The average Bonchev–Trinajstić information content (AvgIpc) is 3.32. The highest BCUT2D eigenvalue weighted by Gasteiger charge is 2.17. The van der Waals surface area contributed by atoms with Crippen molar-refractivity contribution in [1.82, 2.24) is 14.5 Å². The molecule has 7 rings (SSSR count).